The lowest BCUT2D eigenvalue weighted by Gasteiger charge is -2.20. The summed E-state index contributed by atoms with van der Waals surface area (Å²) in [4.78, 5) is 13.4. The van der Waals surface area contributed by atoms with Gasteiger partial charge in [0.05, 0.1) is 0 Å². The van der Waals surface area contributed by atoms with E-state index in [-0.39, 0.29) is 0 Å². The molecule has 1 aromatic carbocycles. The van der Waals surface area contributed by atoms with Gasteiger partial charge in [0.25, 0.3) is 0 Å². The van der Waals surface area contributed by atoms with Crippen LogP contribution in [0.3, 0.4) is 0 Å². The molecular weight excluding hydrogens is 260 g/mol. The van der Waals surface area contributed by atoms with E-state index in [9.17, 15) is 0 Å². The normalized spacial score (nSPS) is 16.0. The molecule has 0 spiro atoms. The molecule has 4 heteroatoms. The van der Waals surface area contributed by atoms with E-state index in [4.69, 9.17) is 5.73 Å². The van der Waals surface area contributed by atoms with Gasteiger partial charge in [-0.1, -0.05) is 50.5 Å². The summed E-state index contributed by atoms with van der Waals surface area (Å²) in [5.74, 6) is 2.35. The van der Waals surface area contributed by atoms with Crippen LogP contribution in [-0.2, 0) is 6.42 Å². The summed E-state index contributed by atoms with van der Waals surface area (Å²) in [5, 5.41) is 0. The molecule has 1 aliphatic carbocycles. The van der Waals surface area contributed by atoms with Crippen LogP contribution >= 0.6 is 0 Å². The minimum absolute atomic E-state index is 0.333. The van der Waals surface area contributed by atoms with Gasteiger partial charge in [0, 0.05) is 11.5 Å². The Labute approximate surface area is 125 Å². The molecular formula is C17H22N4. The van der Waals surface area contributed by atoms with Gasteiger partial charge in [-0.05, 0) is 24.8 Å². The maximum absolute atomic E-state index is 5.90. The number of aromatic nitrogens is 3. The zero-order chi connectivity index (χ0) is 14.7. The number of nitrogens with zero attached hydrogens (tertiary/aromatic N) is 3. The highest BCUT2D eigenvalue weighted by Gasteiger charge is 2.19. The van der Waals surface area contributed by atoms with Gasteiger partial charge in [-0.3, -0.25) is 0 Å². The molecule has 1 heterocycles. The number of anilines is 1. The second-order valence-corrected chi connectivity index (χ2v) is 5.76. The summed E-state index contributed by atoms with van der Waals surface area (Å²) >= 11 is 0. The Hall–Kier alpha value is -1.97. The first-order chi connectivity index (χ1) is 10.3. The Kier molecular flexibility index (Phi) is 4.13. The van der Waals surface area contributed by atoms with Gasteiger partial charge < -0.3 is 5.73 Å². The molecule has 1 saturated carbocycles. The quantitative estimate of drug-likeness (QED) is 0.931. The SMILES string of the molecule is CCc1ccc(-c2nc(N)nc(C3CCCCC3)n2)cc1. The Bertz CT molecular complexity index is 601. The minimum atomic E-state index is 0.333. The van der Waals surface area contributed by atoms with Crippen molar-refractivity contribution in [2.24, 2.45) is 0 Å². The number of hydrogen-bond donors (Lipinski definition) is 1. The van der Waals surface area contributed by atoms with Crippen LogP contribution in [-0.4, -0.2) is 15.0 Å². The number of nitrogen functional groups attached to an aromatic ring is 1. The van der Waals surface area contributed by atoms with E-state index in [1.807, 2.05) is 0 Å². The fraction of sp³-hybridized carbons (Fsp3) is 0.471. The van der Waals surface area contributed by atoms with Crippen LogP contribution in [0.5, 0.6) is 0 Å². The fourth-order valence-electron chi connectivity index (χ4n) is 2.97. The van der Waals surface area contributed by atoms with Crippen molar-refractivity contribution in [1.29, 1.82) is 0 Å². The molecule has 2 aromatic rings. The maximum Gasteiger partial charge on any atom is 0.223 e. The van der Waals surface area contributed by atoms with Gasteiger partial charge in [-0.2, -0.15) is 9.97 Å². The van der Waals surface area contributed by atoms with Crippen LogP contribution < -0.4 is 5.73 Å². The van der Waals surface area contributed by atoms with Crippen LogP contribution in [0.1, 0.15) is 56.3 Å². The zero-order valence-electron chi connectivity index (χ0n) is 12.5. The van der Waals surface area contributed by atoms with Crippen LogP contribution in [0.25, 0.3) is 11.4 Å². The molecule has 1 fully saturated rings. The molecule has 3 rings (SSSR count). The average molecular weight is 282 g/mol. The van der Waals surface area contributed by atoms with Crippen molar-refractivity contribution < 1.29 is 0 Å². The highest BCUT2D eigenvalue weighted by molar-refractivity contribution is 5.56. The van der Waals surface area contributed by atoms with E-state index in [1.165, 1.54) is 24.8 Å². The molecule has 21 heavy (non-hydrogen) atoms. The smallest absolute Gasteiger partial charge is 0.223 e. The first kappa shape index (κ1) is 14.0. The molecule has 0 atom stereocenters. The minimum Gasteiger partial charge on any atom is -0.368 e. The first-order valence-electron chi connectivity index (χ1n) is 7.87. The lowest BCUT2D eigenvalue weighted by Crippen LogP contribution is -2.12. The third kappa shape index (κ3) is 3.20. The van der Waals surface area contributed by atoms with Gasteiger partial charge in [0.2, 0.25) is 5.95 Å². The summed E-state index contributed by atoms with van der Waals surface area (Å²) in [6.45, 7) is 2.15. The lowest BCUT2D eigenvalue weighted by molar-refractivity contribution is 0.428. The van der Waals surface area contributed by atoms with Gasteiger partial charge in [0.1, 0.15) is 5.82 Å². The predicted octanol–water partition coefficient (Wildman–Crippen LogP) is 3.73. The molecule has 110 valence electrons. The van der Waals surface area contributed by atoms with Crippen molar-refractivity contribution in [3.63, 3.8) is 0 Å². The molecule has 1 aliphatic rings. The number of benzene rings is 1. The first-order valence-corrected chi connectivity index (χ1v) is 7.87. The Morgan fingerprint density at radius 1 is 1.00 bits per heavy atom. The molecule has 1 aromatic heterocycles. The summed E-state index contributed by atoms with van der Waals surface area (Å²) in [5.41, 5.74) is 8.22. The number of rotatable bonds is 3. The van der Waals surface area contributed by atoms with Crippen LogP contribution in [0.15, 0.2) is 24.3 Å². The number of aryl methyl sites for hydroxylation is 1. The molecule has 0 aliphatic heterocycles. The van der Waals surface area contributed by atoms with Crippen molar-refractivity contribution >= 4 is 5.95 Å². The maximum atomic E-state index is 5.90. The van der Waals surface area contributed by atoms with Gasteiger partial charge >= 0.3 is 0 Å². The van der Waals surface area contributed by atoms with Crippen LogP contribution in [0.4, 0.5) is 5.95 Å². The van der Waals surface area contributed by atoms with Gasteiger partial charge in [0.15, 0.2) is 5.82 Å². The molecule has 0 saturated heterocycles. The number of hydrogen-bond acceptors (Lipinski definition) is 4. The van der Waals surface area contributed by atoms with Crippen molar-refractivity contribution in [2.75, 3.05) is 5.73 Å². The fourth-order valence-corrected chi connectivity index (χ4v) is 2.97. The van der Waals surface area contributed by atoms with Crippen molar-refractivity contribution in [2.45, 2.75) is 51.4 Å². The van der Waals surface area contributed by atoms with E-state index >= 15 is 0 Å². The van der Waals surface area contributed by atoms with Crippen LogP contribution in [0.2, 0.25) is 0 Å². The Morgan fingerprint density at radius 3 is 2.38 bits per heavy atom. The van der Waals surface area contributed by atoms with Gasteiger partial charge in [-0.15, -0.1) is 0 Å². The highest BCUT2D eigenvalue weighted by atomic mass is 15.1. The van der Waals surface area contributed by atoms with Crippen molar-refractivity contribution in [3.8, 4) is 11.4 Å². The van der Waals surface area contributed by atoms with Crippen LogP contribution in [0, 0.1) is 0 Å². The summed E-state index contributed by atoms with van der Waals surface area (Å²) in [6, 6.07) is 8.38. The molecule has 0 radical (unpaired) electrons. The topological polar surface area (TPSA) is 64.7 Å². The van der Waals surface area contributed by atoms with E-state index in [2.05, 4.69) is 46.1 Å². The molecule has 2 N–H and O–H groups in total. The lowest BCUT2D eigenvalue weighted by atomic mass is 9.89. The standard InChI is InChI=1S/C17H22N4/c1-2-12-8-10-14(11-9-12)16-19-15(20-17(18)21-16)13-6-4-3-5-7-13/h8-11,13H,2-7H2,1H3,(H2,18,19,20,21). The summed E-state index contributed by atoms with van der Waals surface area (Å²) in [7, 11) is 0. The van der Waals surface area contributed by atoms with E-state index in [1.54, 1.807) is 0 Å². The average Bonchev–Trinajstić information content (AvgIpc) is 2.55. The Morgan fingerprint density at radius 2 is 1.71 bits per heavy atom. The monoisotopic (exact) mass is 282 g/mol. The van der Waals surface area contributed by atoms with Crippen molar-refractivity contribution in [1.82, 2.24) is 15.0 Å². The summed E-state index contributed by atoms with van der Waals surface area (Å²) < 4.78 is 0. The molecule has 0 bridgehead atoms. The zero-order valence-corrected chi connectivity index (χ0v) is 12.5. The van der Waals surface area contributed by atoms with E-state index in [0.717, 1.165) is 30.7 Å². The molecule has 4 nitrogen and oxygen atoms in total. The number of nitrogens with two attached hydrogens (primary N) is 1. The largest absolute Gasteiger partial charge is 0.368 e. The second-order valence-electron chi connectivity index (χ2n) is 5.76. The second kappa shape index (κ2) is 6.20. The molecule has 0 unspecified atom stereocenters. The third-order valence-corrected chi connectivity index (χ3v) is 4.26. The molecule has 0 amide bonds. The van der Waals surface area contributed by atoms with Crippen molar-refractivity contribution in [3.05, 3.63) is 35.7 Å². The predicted molar refractivity (Wildman–Crippen MR) is 84.9 cm³/mol. The van der Waals surface area contributed by atoms with E-state index in [0.29, 0.717) is 17.7 Å². The third-order valence-electron chi connectivity index (χ3n) is 4.26. The highest BCUT2D eigenvalue weighted by Crippen LogP contribution is 2.31. The Balaban J connectivity index is 1.92. The van der Waals surface area contributed by atoms with Gasteiger partial charge in [-0.25, -0.2) is 4.98 Å². The summed E-state index contributed by atoms with van der Waals surface area (Å²) in [6.07, 6.45) is 7.21. The van der Waals surface area contributed by atoms with E-state index < -0.39 is 0 Å².